The molecule has 1 aliphatic heterocycles. The number of hydrogen-bond acceptors (Lipinski definition) is 2. The minimum Gasteiger partial charge on any atom is -0.376 e. The predicted molar refractivity (Wildman–Crippen MR) is 80.1 cm³/mol. The molecule has 0 unspecified atom stereocenters. The molecule has 23 heavy (non-hydrogen) atoms. The number of nitrogens with one attached hydrogen (secondary N) is 2. The van der Waals surface area contributed by atoms with E-state index in [0.29, 0.717) is 13.0 Å². The fourth-order valence-electron chi connectivity index (χ4n) is 2.53. The van der Waals surface area contributed by atoms with Crippen LogP contribution < -0.4 is 10.6 Å². The predicted octanol–water partition coefficient (Wildman–Crippen LogP) is 3.11. The quantitative estimate of drug-likeness (QED) is 0.871. The average molecular weight is 330 g/mol. The van der Waals surface area contributed by atoms with Crippen molar-refractivity contribution in [1.82, 2.24) is 10.6 Å². The van der Waals surface area contributed by atoms with Crippen molar-refractivity contribution in [3.05, 3.63) is 35.4 Å². The van der Waals surface area contributed by atoms with Crippen LogP contribution in [0.15, 0.2) is 24.3 Å². The molecule has 2 rings (SSSR count). The second-order valence-corrected chi connectivity index (χ2v) is 5.69. The molecule has 1 fully saturated rings. The normalized spacial score (nSPS) is 19.4. The molecule has 1 saturated heterocycles. The van der Waals surface area contributed by atoms with E-state index in [9.17, 15) is 18.0 Å². The largest absolute Gasteiger partial charge is 0.416 e. The summed E-state index contributed by atoms with van der Waals surface area (Å²) >= 11 is 0. The van der Waals surface area contributed by atoms with Gasteiger partial charge in [0.05, 0.1) is 17.7 Å². The number of ether oxygens (including phenoxy) is 1. The molecule has 0 aromatic heterocycles. The van der Waals surface area contributed by atoms with E-state index in [2.05, 4.69) is 10.6 Å². The molecule has 128 valence electrons. The maximum absolute atomic E-state index is 12.5. The maximum Gasteiger partial charge on any atom is 0.416 e. The van der Waals surface area contributed by atoms with E-state index >= 15 is 0 Å². The molecule has 1 aliphatic rings. The van der Waals surface area contributed by atoms with Gasteiger partial charge in [-0.25, -0.2) is 4.79 Å². The number of halogens is 3. The number of alkyl halides is 3. The van der Waals surface area contributed by atoms with E-state index in [1.165, 1.54) is 12.1 Å². The van der Waals surface area contributed by atoms with Crippen molar-refractivity contribution >= 4 is 6.03 Å². The summed E-state index contributed by atoms with van der Waals surface area (Å²) < 4.78 is 42.8. The van der Waals surface area contributed by atoms with Crippen LogP contribution in [0.2, 0.25) is 0 Å². The average Bonchev–Trinajstić information content (AvgIpc) is 3.01. The molecule has 1 aromatic rings. The van der Waals surface area contributed by atoms with Crippen LogP contribution in [0.25, 0.3) is 0 Å². The molecule has 4 nitrogen and oxygen atoms in total. The zero-order valence-electron chi connectivity index (χ0n) is 13.0. The minimum atomic E-state index is -4.32. The monoisotopic (exact) mass is 330 g/mol. The molecule has 2 amide bonds. The first-order valence-electron chi connectivity index (χ1n) is 7.68. The Morgan fingerprint density at radius 3 is 2.61 bits per heavy atom. The molecule has 0 bridgehead atoms. The highest BCUT2D eigenvalue weighted by Gasteiger charge is 2.29. The van der Waals surface area contributed by atoms with Crippen LogP contribution in [0.5, 0.6) is 0 Å². The number of amides is 2. The number of hydrogen-bond donors (Lipinski definition) is 2. The van der Waals surface area contributed by atoms with Crippen LogP contribution in [0.1, 0.15) is 30.9 Å². The summed E-state index contributed by atoms with van der Waals surface area (Å²) in [5.41, 5.74) is 0.0721. The SMILES string of the molecule is C[C@@H](NC(=O)NCCc1ccc(C(F)(F)F)cc1)[C@H]1CCCO1. The molecule has 1 aromatic carbocycles. The number of rotatable bonds is 5. The third-order valence-electron chi connectivity index (χ3n) is 3.86. The number of carbonyl (C=O) groups excluding carboxylic acids is 1. The van der Waals surface area contributed by atoms with Gasteiger partial charge in [-0.2, -0.15) is 13.2 Å². The Morgan fingerprint density at radius 2 is 2.04 bits per heavy atom. The number of benzene rings is 1. The second-order valence-electron chi connectivity index (χ2n) is 5.69. The summed E-state index contributed by atoms with van der Waals surface area (Å²) in [6.45, 7) is 2.98. The van der Waals surface area contributed by atoms with Gasteiger partial charge < -0.3 is 15.4 Å². The maximum atomic E-state index is 12.5. The van der Waals surface area contributed by atoms with Crippen molar-refractivity contribution in [3.8, 4) is 0 Å². The van der Waals surface area contributed by atoms with E-state index in [0.717, 1.165) is 37.1 Å². The van der Waals surface area contributed by atoms with Gasteiger partial charge in [-0.05, 0) is 43.9 Å². The molecule has 1 heterocycles. The molecule has 0 spiro atoms. The van der Waals surface area contributed by atoms with Crippen LogP contribution >= 0.6 is 0 Å². The highest BCUT2D eigenvalue weighted by molar-refractivity contribution is 5.74. The van der Waals surface area contributed by atoms with Crippen LogP contribution in [0, 0.1) is 0 Å². The van der Waals surface area contributed by atoms with Gasteiger partial charge in [-0.1, -0.05) is 12.1 Å². The van der Waals surface area contributed by atoms with Gasteiger partial charge in [-0.15, -0.1) is 0 Å². The molecule has 0 saturated carbocycles. The Morgan fingerprint density at radius 1 is 1.35 bits per heavy atom. The third kappa shape index (κ3) is 5.42. The lowest BCUT2D eigenvalue weighted by Gasteiger charge is -2.20. The van der Waals surface area contributed by atoms with Gasteiger partial charge in [0.1, 0.15) is 0 Å². The minimum absolute atomic E-state index is 0.0515. The second kappa shape index (κ2) is 7.68. The van der Waals surface area contributed by atoms with Crippen LogP contribution in [-0.4, -0.2) is 31.3 Å². The van der Waals surface area contributed by atoms with E-state index in [1.807, 2.05) is 6.92 Å². The molecule has 7 heteroatoms. The first-order chi connectivity index (χ1) is 10.9. The summed E-state index contributed by atoms with van der Waals surface area (Å²) in [6, 6.07) is 4.60. The van der Waals surface area contributed by atoms with Gasteiger partial charge in [0, 0.05) is 13.2 Å². The van der Waals surface area contributed by atoms with Crippen molar-refractivity contribution in [3.63, 3.8) is 0 Å². The van der Waals surface area contributed by atoms with E-state index < -0.39 is 11.7 Å². The Bertz CT molecular complexity index is 511. The standard InChI is InChI=1S/C16H21F3N2O2/c1-11(14-3-2-10-23-14)21-15(22)20-9-8-12-4-6-13(7-5-12)16(17,18)19/h4-7,11,14H,2-3,8-10H2,1H3,(H2,20,21,22)/t11-,14-/m1/s1. The smallest absolute Gasteiger partial charge is 0.376 e. The van der Waals surface area contributed by atoms with E-state index in [-0.39, 0.29) is 18.2 Å². The molecule has 0 aliphatic carbocycles. The van der Waals surface area contributed by atoms with E-state index in [4.69, 9.17) is 4.74 Å². The van der Waals surface area contributed by atoms with Crippen LogP contribution in [0.3, 0.4) is 0 Å². The summed E-state index contributed by atoms with van der Waals surface area (Å²) in [6.07, 6.45) is -1.86. The summed E-state index contributed by atoms with van der Waals surface area (Å²) in [5.74, 6) is 0. The third-order valence-corrected chi connectivity index (χ3v) is 3.86. The molecule has 2 N–H and O–H groups in total. The summed E-state index contributed by atoms with van der Waals surface area (Å²) in [5, 5.41) is 5.52. The fraction of sp³-hybridized carbons (Fsp3) is 0.562. The molecular weight excluding hydrogens is 309 g/mol. The van der Waals surface area contributed by atoms with Crippen molar-refractivity contribution in [1.29, 1.82) is 0 Å². The van der Waals surface area contributed by atoms with Crippen molar-refractivity contribution in [2.45, 2.75) is 44.5 Å². The van der Waals surface area contributed by atoms with Crippen molar-refractivity contribution in [2.75, 3.05) is 13.2 Å². The first-order valence-corrected chi connectivity index (χ1v) is 7.68. The summed E-state index contributed by atoms with van der Waals surface area (Å²) in [7, 11) is 0. The lowest BCUT2D eigenvalue weighted by atomic mass is 10.1. The van der Waals surface area contributed by atoms with Gasteiger partial charge in [0.2, 0.25) is 0 Å². The molecule has 0 radical (unpaired) electrons. The molecule has 2 atom stereocenters. The van der Waals surface area contributed by atoms with Crippen molar-refractivity contribution in [2.24, 2.45) is 0 Å². The summed E-state index contributed by atoms with van der Waals surface area (Å²) in [4.78, 5) is 11.8. The lowest BCUT2D eigenvalue weighted by Crippen LogP contribution is -2.46. The van der Waals surface area contributed by atoms with Crippen LogP contribution in [-0.2, 0) is 17.3 Å². The zero-order valence-corrected chi connectivity index (χ0v) is 13.0. The Kier molecular flexibility index (Phi) is 5.87. The first kappa shape index (κ1) is 17.6. The van der Waals surface area contributed by atoms with Crippen molar-refractivity contribution < 1.29 is 22.7 Å². The van der Waals surface area contributed by atoms with Gasteiger partial charge in [-0.3, -0.25) is 0 Å². The Hall–Kier alpha value is -1.76. The molecular formula is C16H21F3N2O2. The van der Waals surface area contributed by atoms with Gasteiger partial charge >= 0.3 is 12.2 Å². The topological polar surface area (TPSA) is 50.4 Å². The fourth-order valence-corrected chi connectivity index (χ4v) is 2.53. The lowest BCUT2D eigenvalue weighted by molar-refractivity contribution is -0.137. The number of urea groups is 1. The highest BCUT2D eigenvalue weighted by Crippen LogP contribution is 2.29. The number of carbonyl (C=O) groups is 1. The Balaban J connectivity index is 1.70. The zero-order chi connectivity index (χ0) is 16.9. The highest BCUT2D eigenvalue weighted by atomic mass is 19.4. The Labute approximate surface area is 133 Å². The van der Waals surface area contributed by atoms with E-state index in [1.54, 1.807) is 0 Å². The van der Waals surface area contributed by atoms with Gasteiger partial charge in [0.15, 0.2) is 0 Å². The van der Waals surface area contributed by atoms with Gasteiger partial charge in [0.25, 0.3) is 0 Å². The van der Waals surface area contributed by atoms with Crippen LogP contribution in [0.4, 0.5) is 18.0 Å².